The first-order valence-corrected chi connectivity index (χ1v) is 5.93. The summed E-state index contributed by atoms with van der Waals surface area (Å²) in [6.45, 7) is 4.35. The van der Waals surface area contributed by atoms with Crippen LogP contribution in [0.2, 0.25) is 0 Å². The third-order valence-electron chi connectivity index (χ3n) is 3.19. The molecule has 1 aliphatic rings. The highest BCUT2D eigenvalue weighted by atomic mass is 16.5. The molecule has 1 fully saturated rings. The molecule has 0 aliphatic carbocycles. The Bertz CT molecular complexity index is 265. The van der Waals surface area contributed by atoms with E-state index in [9.17, 15) is 5.11 Å². The molecule has 1 rings (SSSR count). The first-order chi connectivity index (χ1) is 7.97. The molecule has 17 heavy (non-hydrogen) atoms. The first-order valence-electron chi connectivity index (χ1n) is 5.93. The van der Waals surface area contributed by atoms with E-state index in [4.69, 9.17) is 15.7 Å². The Morgan fingerprint density at radius 3 is 2.65 bits per heavy atom. The minimum atomic E-state index is -0.669. The van der Waals surface area contributed by atoms with Crippen LogP contribution >= 0.6 is 0 Å². The van der Waals surface area contributed by atoms with Gasteiger partial charge in [-0.25, -0.2) is 0 Å². The van der Waals surface area contributed by atoms with Crippen LogP contribution in [0, 0.1) is 5.92 Å². The van der Waals surface area contributed by atoms with Crippen molar-refractivity contribution in [3.05, 3.63) is 0 Å². The molecule has 0 aromatic heterocycles. The molecule has 0 bridgehead atoms. The highest BCUT2D eigenvalue weighted by molar-refractivity contribution is 5.82. The highest BCUT2D eigenvalue weighted by Gasteiger charge is 2.31. The average molecular weight is 245 g/mol. The lowest BCUT2D eigenvalue weighted by Crippen LogP contribution is -2.47. The third-order valence-corrected chi connectivity index (χ3v) is 3.19. The zero-order valence-electron chi connectivity index (χ0n) is 10.6. The number of aliphatic hydroxyl groups is 1. The minimum Gasteiger partial charge on any atom is -0.409 e. The molecule has 1 unspecified atom stereocenters. The Kier molecular flexibility index (Phi) is 5.17. The van der Waals surface area contributed by atoms with Gasteiger partial charge >= 0.3 is 0 Å². The number of hydrogen-bond donors (Lipinski definition) is 3. The van der Waals surface area contributed by atoms with Crippen LogP contribution in [0.1, 0.15) is 19.8 Å². The number of oxime groups is 1. The first kappa shape index (κ1) is 14.2. The van der Waals surface area contributed by atoms with Gasteiger partial charge in [-0.1, -0.05) is 12.1 Å². The van der Waals surface area contributed by atoms with Crippen LogP contribution < -0.4 is 5.73 Å². The normalized spacial score (nSPS) is 22.7. The molecule has 4 N–H and O–H groups in total. The van der Waals surface area contributed by atoms with Gasteiger partial charge in [-0.2, -0.15) is 0 Å². The Balaban J connectivity index is 2.40. The fourth-order valence-corrected chi connectivity index (χ4v) is 2.14. The summed E-state index contributed by atoms with van der Waals surface area (Å²) < 4.78 is 5.23. The molecule has 0 spiro atoms. The molecule has 0 aromatic rings. The second kappa shape index (κ2) is 6.18. The molecule has 0 aromatic carbocycles. The Morgan fingerprint density at radius 1 is 1.53 bits per heavy atom. The smallest absolute Gasteiger partial charge is 0.143 e. The van der Waals surface area contributed by atoms with Crippen molar-refractivity contribution in [2.24, 2.45) is 16.8 Å². The monoisotopic (exact) mass is 245 g/mol. The summed E-state index contributed by atoms with van der Waals surface area (Å²) in [6, 6.07) is 0. The molecule has 6 nitrogen and oxygen atoms in total. The largest absolute Gasteiger partial charge is 0.409 e. The van der Waals surface area contributed by atoms with Gasteiger partial charge in [0.2, 0.25) is 0 Å². The van der Waals surface area contributed by atoms with E-state index >= 15 is 0 Å². The van der Waals surface area contributed by atoms with Crippen LogP contribution in [-0.2, 0) is 4.74 Å². The van der Waals surface area contributed by atoms with Gasteiger partial charge in [0.1, 0.15) is 5.84 Å². The minimum absolute atomic E-state index is 0.0339. The summed E-state index contributed by atoms with van der Waals surface area (Å²) in [5.41, 5.74) is 4.85. The van der Waals surface area contributed by atoms with Crippen molar-refractivity contribution in [2.45, 2.75) is 25.4 Å². The van der Waals surface area contributed by atoms with Crippen molar-refractivity contribution in [3.63, 3.8) is 0 Å². The van der Waals surface area contributed by atoms with E-state index in [1.165, 1.54) is 0 Å². The summed E-state index contributed by atoms with van der Waals surface area (Å²) in [5.74, 6) is 0.184. The Hall–Kier alpha value is -0.850. The SMILES string of the molecule is CC(CN(C)CC1(O)CCOCC1)C(N)=NO. The number of amidine groups is 1. The molecule has 0 saturated carbocycles. The second-order valence-corrected chi connectivity index (χ2v) is 4.96. The summed E-state index contributed by atoms with van der Waals surface area (Å²) in [6.07, 6.45) is 1.32. The zero-order chi connectivity index (χ0) is 12.9. The zero-order valence-corrected chi connectivity index (χ0v) is 10.6. The Labute approximate surface area is 102 Å². The molecule has 1 atom stereocenters. The van der Waals surface area contributed by atoms with E-state index in [0.29, 0.717) is 39.1 Å². The van der Waals surface area contributed by atoms with E-state index in [1.54, 1.807) is 0 Å². The van der Waals surface area contributed by atoms with Crippen LogP contribution in [-0.4, -0.2) is 60.0 Å². The van der Waals surface area contributed by atoms with Gasteiger partial charge in [0.25, 0.3) is 0 Å². The third kappa shape index (κ3) is 4.49. The van der Waals surface area contributed by atoms with E-state index in [1.807, 2.05) is 18.9 Å². The van der Waals surface area contributed by atoms with Crippen LogP contribution in [0.15, 0.2) is 5.16 Å². The lowest BCUT2D eigenvalue weighted by atomic mass is 9.93. The maximum Gasteiger partial charge on any atom is 0.143 e. The Morgan fingerprint density at radius 2 is 2.12 bits per heavy atom. The maximum absolute atomic E-state index is 10.3. The standard InChI is InChI=1S/C11H23N3O3/c1-9(10(12)13-16)7-14(2)8-11(15)3-5-17-6-4-11/h9,15-16H,3-8H2,1-2H3,(H2,12,13). The molecule has 6 heteroatoms. The topological polar surface area (TPSA) is 91.3 Å². The average Bonchev–Trinajstić information content (AvgIpc) is 2.27. The number of likely N-dealkylation sites (N-methyl/N-ethyl adjacent to an activating group) is 1. The molecule has 100 valence electrons. The van der Waals surface area contributed by atoms with Gasteiger partial charge in [-0.15, -0.1) is 0 Å². The number of ether oxygens (including phenoxy) is 1. The molecule has 1 heterocycles. The number of rotatable bonds is 5. The summed E-state index contributed by atoms with van der Waals surface area (Å²) in [5, 5.41) is 21.9. The van der Waals surface area contributed by atoms with Crippen molar-refractivity contribution in [3.8, 4) is 0 Å². The van der Waals surface area contributed by atoms with Gasteiger partial charge in [0.05, 0.1) is 5.60 Å². The van der Waals surface area contributed by atoms with Crippen molar-refractivity contribution >= 4 is 5.84 Å². The van der Waals surface area contributed by atoms with Gasteiger partial charge in [-0.05, 0) is 7.05 Å². The summed E-state index contributed by atoms with van der Waals surface area (Å²) in [7, 11) is 1.93. The number of nitrogens with two attached hydrogens (primary N) is 1. The van der Waals surface area contributed by atoms with Gasteiger partial charge < -0.3 is 25.7 Å². The fraction of sp³-hybridized carbons (Fsp3) is 0.909. The lowest BCUT2D eigenvalue weighted by Gasteiger charge is -2.36. The van der Waals surface area contributed by atoms with Crippen LogP contribution in [0.3, 0.4) is 0 Å². The van der Waals surface area contributed by atoms with E-state index < -0.39 is 5.60 Å². The van der Waals surface area contributed by atoms with Crippen molar-refractivity contribution in [1.29, 1.82) is 0 Å². The molecule has 1 saturated heterocycles. The molecule has 0 amide bonds. The quantitative estimate of drug-likeness (QED) is 0.271. The predicted octanol–water partition coefficient (Wildman–Crippen LogP) is -0.158. The second-order valence-electron chi connectivity index (χ2n) is 4.96. The lowest BCUT2D eigenvalue weighted by molar-refractivity contribution is -0.0773. The van der Waals surface area contributed by atoms with Gasteiger partial charge in [0, 0.05) is 45.1 Å². The van der Waals surface area contributed by atoms with E-state index in [0.717, 1.165) is 0 Å². The predicted molar refractivity (Wildman–Crippen MR) is 65.1 cm³/mol. The van der Waals surface area contributed by atoms with E-state index in [-0.39, 0.29) is 11.8 Å². The summed E-state index contributed by atoms with van der Waals surface area (Å²) in [4.78, 5) is 2.01. The number of hydrogen-bond acceptors (Lipinski definition) is 5. The maximum atomic E-state index is 10.3. The summed E-state index contributed by atoms with van der Waals surface area (Å²) >= 11 is 0. The van der Waals surface area contributed by atoms with Crippen molar-refractivity contribution < 1.29 is 15.1 Å². The van der Waals surface area contributed by atoms with Crippen LogP contribution in [0.25, 0.3) is 0 Å². The van der Waals surface area contributed by atoms with Crippen molar-refractivity contribution in [2.75, 3.05) is 33.4 Å². The van der Waals surface area contributed by atoms with Gasteiger partial charge in [-0.3, -0.25) is 0 Å². The molecule has 0 radical (unpaired) electrons. The molecular formula is C11H23N3O3. The molecule has 1 aliphatic heterocycles. The van der Waals surface area contributed by atoms with Crippen LogP contribution in [0.4, 0.5) is 0 Å². The highest BCUT2D eigenvalue weighted by Crippen LogP contribution is 2.21. The fourth-order valence-electron chi connectivity index (χ4n) is 2.14. The molecular weight excluding hydrogens is 222 g/mol. The van der Waals surface area contributed by atoms with Gasteiger partial charge in [0.15, 0.2) is 0 Å². The van der Waals surface area contributed by atoms with Crippen molar-refractivity contribution in [1.82, 2.24) is 4.90 Å². The van der Waals surface area contributed by atoms with E-state index in [2.05, 4.69) is 5.16 Å². The van der Waals surface area contributed by atoms with Crippen LogP contribution in [0.5, 0.6) is 0 Å². The number of nitrogens with zero attached hydrogens (tertiary/aromatic N) is 2.